The summed E-state index contributed by atoms with van der Waals surface area (Å²) in [5.74, 6) is 0.938. The summed E-state index contributed by atoms with van der Waals surface area (Å²) in [6.45, 7) is 0. The monoisotopic (exact) mass is 441 g/mol. The smallest absolute Gasteiger partial charge is 0.0645 e. The minimum atomic E-state index is 0.193. The van der Waals surface area contributed by atoms with Crippen LogP contribution in [0.15, 0.2) is 48.6 Å². The van der Waals surface area contributed by atoms with Crippen molar-refractivity contribution in [3.05, 3.63) is 73.3 Å². The Kier molecular flexibility index (Phi) is 3.87. The number of fused-ring (bicyclic) bond motifs is 3. The summed E-state index contributed by atoms with van der Waals surface area (Å²) in [5, 5.41) is 4.98. The SMILES string of the molecule is Clc1cccc([C@@H]2Nc3ccc(I)cc3[C@@H]3C=CC[C@H]32)c1Cl. The van der Waals surface area contributed by atoms with E-state index in [1.807, 2.05) is 12.1 Å². The molecule has 0 bridgehead atoms. The molecule has 4 heteroatoms. The molecule has 22 heavy (non-hydrogen) atoms. The Morgan fingerprint density at radius 1 is 1.09 bits per heavy atom. The van der Waals surface area contributed by atoms with Gasteiger partial charge in [-0.3, -0.25) is 0 Å². The van der Waals surface area contributed by atoms with Crippen LogP contribution in [0.2, 0.25) is 10.0 Å². The van der Waals surface area contributed by atoms with Crippen LogP contribution in [0, 0.1) is 9.49 Å². The third kappa shape index (κ3) is 2.36. The van der Waals surface area contributed by atoms with Crippen molar-refractivity contribution in [2.24, 2.45) is 5.92 Å². The molecule has 0 aromatic heterocycles. The normalized spacial score (nSPS) is 25.5. The van der Waals surface area contributed by atoms with Crippen molar-refractivity contribution in [1.82, 2.24) is 0 Å². The summed E-state index contributed by atoms with van der Waals surface area (Å²) in [7, 11) is 0. The molecule has 0 amide bonds. The molecule has 0 radical (unpaired) electrons. The highest BCUT2D eigenvalue weighted by molar-refractivity contribution is 14.1. The molecule has 2 aromatic rings. The Hall–Kier alpha value is -0.710. The van der Waals surface area contributed by atoms with E-state index in [0.29, 0.717) is 21.9 Å². The molecule has 1 aliphatic carbocycles. The van der Waals surface area contributed by atoms with Gasteiger partial charge < -0.3 is 5.32 Å². The molecular formula is C18H14Cl2IN. The lowest BCUT2D eigenvalue weighted by Gasteiger charge is -2.38. The molecular weight excluding hydrogens is 428 g/mol. The van der Waals surface area contributed by atoms with Crippen LogP contribution in [0.25, 0.3) is 0 Å². The number of halogens is 3. The van der Waals surface area contributed by atoms with Gasteiger partial charge in [-0.25, -0.2) is 0 Å². The predicted octanol–water partition coefficient (Wildman–Crippen LogP) is 6.42. The van der Waals surface area contributed by atoms with Crippen molar-refractivity contribution in [3.63, 3.8) is 0 Å². The van der Waals surface area contributed by atoms with E-state index < -0.39 is 0 Å². The van der Waals surface area contributed by atoms with Gasteiger partial charge in [-0.05, 0) is 70.3 Å². The summed E-state index contributed by atoms with van der Waals surface area (Å²) in [6, 6.07) is 12.7. The van der Waals surface area contributed by atoms with E-state index in [9.17, 15) is 0 Å². The van der Waals surface area contributed by atoms with Gasteiger partial charge in [-0.2, -0.15) is 0 Å². The van der Waals surface area contributed by atoms with Crippen molar-refractivity contribution < 1.29 is 0 Å². The number of benzene rings is 2. The molecule has 3 atom stereocenters. The minimum Gasteiger partial charge on any atom is -0.378 e. The first-order valence-corrected chi connectivity index (χ1v) is 9.15. The van der Waals surface area contributed by atoms with Crippen LogP contribution in [0.3, 0.4) is 0 Å². The number of rotatable bonds is 1. The van der Waals surface area contributed by atoms with Crippen molar-refractivity contribution in [2.75, 3.05) is 5.32 Å². The maximum absolute atomic E-state index is 6.48. The zero-order chi connectivity index (χ0) is 15.3. The van der Waals surface area contributed by atoms with Gasteiger partial charge >= 0.3 is 0 Å². The van der Waals surface area contributed by atoms with Crippen LogP contribution < -0.4 is 5.32 Å². The van der Waals surface area contributed by atoms with E-state index >= 15 is 0 Å². The molecule has 2 aromatic carbocycles. The van der Waals surface area contributed by atoms with Gasteiger partial charge in [0.2, 0.25) is 0 Å². The average molecular weight is 442 g/mol. The number of nitrogens with one attached hydrogen (secondary N) is 1. The molecule has 0 spiro atoms. The van der Waals surface area contributed by atoms with Crippen molar-refractivity contribution in [3.8, 4) is 0 Å². The molecule has 4 rings (SSSR count). The van der Waals surface area contributed by atoms with E-state index in [-0.39, 0.29) is 6.04 Å². The molecule has 0 unspecified atom stereocenters. The Labute approximate surface area is 153 Å². The minimum absolute atomic E-state index is 0.193. The van der Waals surface area contributed by atoms with Gasteiger partial charge in [0.1, 0.15) is 0 Å². The van der Waals surface area contributed by atoms with E-state index in [1.54, 1.807) is 0 Å². The van der Waals surface area contributed by atoms with Crippen LogP contribution in [-0.2, 0) is 0 Å². The van der Waals surface area contributed by atoms with Crippen molar-refractivity contribution >= 4 is 51.5 Å². The zero-order valence-corrected chi connectivity index (χ0v) is 15.4. The van der Waals surface area contributed by atoms with Crippen molar-refractivity contribution in [1.29, 1.82) is 0 Å². The fraction of sp³-hybridized carbons (Fsp3) is 0.222. The molecule has 2 aliphatic rings. The Morgan fingerprint density at radius 2 is 1.95 bits per heavy atom. The molecule has 1 aliphatic heterocycles. The van der Waals surface area contributed by atoms with Gasteiger partial charge in [0, 0.05) is 15.2 Å². The molecule has 1 nitrogen and oxygen atoms in total. The number of anilines is 1. The Balaban J connectivity index is 1.83. The number of allylic oxidation sites excluding steroid dienone is 2. The van der Waals surface area contributed by atoms with E-state index in [2.05, 4.69) is 64.3 Å². The van der Waals surface area contributed by atoms with Crippen LogP contribution in [0.4, 0.5) is 5.69 Å². The maximum atomic E-state index is 6.48. The lowest BCUT2D eigenvalue weighted by Crippen LogP contribution is -2.29. The van der Waals surface area contributed by atoms with Gasteiger partial charge in [-0.15, -0.1) is 0 Å². The van der Waals surface area contributed by atoms with E-state index in [0.717, 1.165) is 12.0 Å². The van der Waals surface area contributed by atoms with Crippen LogP contribution >= 0.6 is 45.8 Å². The van der Waals surface area contributed by atoms with Crippen LogP contribution in [-0.4, -0.2) is 0 Å². The molecule has 0 fully saturated rings. The van der Waals surface area contributed by atoms with Gasteiger partial charge in [-0.1, -0.05) is 47.5 Å². The quantitative estimate of drug-likeness (QED) is 0.397. The molecule has 1 heterocycles. The third-order valence-corrected chi connectivity index (χ3v) is 6.15. The molecule has 1 N–H and O–H groups in total. The summed E-state index contributed by atoms with van der Waals surface area (Å²) < 4.78 is 1.27. The number of hydrogen-bond donors (Lipinski definition) is 1. The fourth-order valence-electron chi connectivity index (χ4n) is 3.63. The first-order chi connectivity index (χ1) is 10.6. The second kappa shape index (κ2) is 5.73. The largest absolute Gasteiger partial charge is 0.378 e. The summed E-state index contributed by atoms with van der Waals surface area (Å²) >= 11 is 15.1. The maximum Gasteiger partial charge on any atom is 0.0645 e. The summed E-state index contributed by atoms with van der Waals surface area (Å²) in [6.07, 6.45) is 5.69. The highest BCUT2D eigenvalue weighted by Gasteiger charge is 2.38. The van der Waals surface area contributed by atoms with Crippen LogP contribution in [0.5, 0.6) is 0 Å². The second-order valence-corrected chi connectivity index (χ2v) is 7.88. The van der Waals surface area contributed by atoms with Gasteiger partial charge in [0.05, 0.1) is 16.1 Å². The Morgan fingerprint density at radius 3 is 2.82 bits per heavy atom. The second-order valence-electron chi connectivity index (χ2n) is 5.85. The lowest BCUT2D eigenvalue weighted by molar-refractivity contribution is 0.425. The van der Waals surface area contributed by atoms with E-state index in [1.165, 1.54) is 14.8 Å². The topological polar surface area (TPSA) is 12.0 Å². The zero-order valence-electron chi connectivity index (χ0n) is 11.7. The number of hydrogen-bond acceptors (Lipinski definition) is 1. The Bertz CT molecular complexity index is 772. The fourth-order valence-corrected chi connectivity index (χ4v) is 4.57. The van der Waals surface area contributed by atoms with Crippen molar-refractivity contribution in [2.45, 2.75) is 18.4 Å². The third-order valence-electron chi connectivity index (χ3n) is 4.64. The van der Waals surface area contributed by atoms with E-state index in [4.69, 9.17) is 23.2 Å². The van der Waals surface area contributed by atoms with Crippen LogP contribution in [0.1, 0.15) is 29.5 Å². The molecule has 0 saturated heterocycles. The average Bonchev–Trinajstić information content (AvgIpc) is 2.99. The highest BCUT2D eigenvalue weighted by atomic mass is 127. The predicted molar refractivity (Wildman–Crippen MR) is 102 cm³/mol. The highest BCUT2D eigenvalue weighted by Crippen LogP contribution is 2.51. The first-order valence-electron chi connectivity index (χ1n) is 7.31. The van der Waals surface area contributed by atoms with Gasteiger partial charge in [0.15, 0.2) is 0 Å². The standard InChI is InChI=1S/C18H14Cl2IN/c19-15-6-2-5-13(17(15)20)18-12-4-1-3-11(12)14-9-10(21)7-8-16(14)22-18/h1-3,5-9,11-12,18,22H,4H2/t11-,12-,18-/m1/s1. The molecule has 112 valence electrons. The van der Waals surface area contributed by atoms with Gasteiger partial charge in [0.25, 0.3) is 0 Å². The first kappa shape index (κ1) is 14.9. The summed E-state index contributed by atoms with van der Waals surface area (Å²) in [4.78, 5) is 0. The molecule has 0 saturated carbocycles. The summed E-state index contributed by atoms with van der Waals surface area (Å²) in [5.41, 5.74) is 3.69. The lowest BCUT2D eigenvalue weighted by atomic mass is 9.77.